The molecular weight excluding hydrogens is 238 g/mol. The Hall–Kier alpha value is -1.88. The fourth-order valence-electron chi connectivity index (χ4n) is 2.65. The van der Waals surface area contributed by atoms with E-state index in [4.69, 9.17) is 5.84 Å². The van der Waals surface area contributed by atoms with Gasteiger partial charge in [-0.15, -0.1) is 0 Å². The SMILES string of the molecule is NNc1nc(N2CCCCCC2)c2ccccc2n1. The highest BCUT2D eigenvalue weighted by Crippen LogP contribution is 2.26. The van der Waals surface area contributed by atoms with Gasteiger partial charge in [0.1, 0.15) is 5.82 Å². The average molecular weight is 257 g/mol. The van der Waals surface area contributed by atoms with Crippen molar-refractivity contribution < 1.29 is 0 Å². The lowest BCUT2D eigenvalue weighted by Crippen LogP contribution is -2.26. The topological polar surface area (TPSA) is 67.1 Å². The van der Waals surface area contributed by atoms with Crippen molar-refractivity contribution in [2.45, 2.75) is 25.7 Å². The Kier molecular flexibility index (Phi) is 3.46. The average Bonchev–Trinajstić information content (AvgIpc) is 2.75. The maximum Gasteiger partial charge on any atom is 0.239 e. The number of para-hydroxylation sites is 1. The van der Waals surface area contributed by atoms with E-state index >= 15 is 0 Å². The van der Waals surface area contributed by atoms with Crippen LogP contribution in [0.15, 0.2) is 24.3 Å². The number of nitrogen functional groups attached to an aromatic ring is 1. The van der Waals surface area contributed by atoms with Gasteiger partial charge < -0.3 is 4.90 Å². The molecule has 0 saturated carbocycles. The van der Waals surface area contributed by atoms with Crippen molar-refractivity contribution in [2.24, 2.45) is 5.84 Å². The highest BCUT2D eigenvalue weighted by molar-refractivity contribution is 5.90. The second kappa shape index (κ2) is 5.40. The van der Waals surface area contributed by atoms with Crippen molar-refractivity contribution in [3.63, 3.8) is 0 Å². The Balaban J connectivity index is 2.09. The van der Waals surface area contributed by atoms with Gasteiger partial charge in [-0.3, -0.25) is 5.43 Å². The molecule has 0 atom stereocenters. The van der Waals surface area contributed by atoms with Gasteiger partial charge >= 0.3 is 0 Å². The first-order valence-electron chi connectivity index (χ1n) is 6.87. The van der Waals surface area contributed by atoms with E-state index in [0.717, 1.165) is 29.8 Å². The van der Waals surface area contributed by atoms with Crippen molar-refractivity contribution >= 4 is 22.7 Å². The van der Waals surface area contributed by atoms with E-state index in [1.165, 1.54) is 25.7 Å². The zero-order valence-electron chi connectivity index (χ0n) is 11.0. The predicted molar refractivity (Wildman–Crippen MR) is 78.0 cm³/mol. The molecule has 0 amide bonds. The molecule has 1 aromatic carbocycles. The van der Waals surface area contributed by atoms with Crippen LogP contribution in [0.1, 0.15) is 25.7 Å². The Labute approximate surface area is 112 Å². The van der Waals surface area contributed by atoms with Crippen molar-refractivity contribution in [3.05, 3.63) is 24.3 Å². The summed E-state index contributed by atoms with van der Waals surface area (Å²) in [6.07, 6.45) is 5.07. The van der Waals surface area contributed by atoms with E-state index in [9.17, 15) is 0 Å². The molecule has 0 aliphatic carbocycles. The third-order valence-corrected chi connectivity index (χ3v) is 3.62. The lowest BCUT2D eigenvalue weighted by molar-refractivity contribution is 0.726. The molecule has 3 rings (SSSR count). The first-order chi connectivity index (χ1) is 9.38. The molecule has 0 bridgehead atoms. The number of hydrazine groups is 1. The van der Waals surface area contributed by atoms with Crippen LogP contribution in [-0.2, 0) is 0 Å². The molecule has 3 N–H and O–H groups in total. The zero-order chi connectivity index (χ0) is 13.1. The minimum Gasteiger partial charge on any atom is -0.356 e. The van der Waals surface area contributed by atoms with Crippen molar-refractivity contribution in [3.8, 4) is 0 Å². The van der Waals surface area contributed by atoms with Crippen LogP contribution in [0.5, 0.6) is 0 Å². The molecule has 1 aliphatic rings. The van der Waals surface area contributed by atoms with Crippen LogP contribution in [0.4, 0.5) is 11.8 Å². The van der Waals surface area contributed by atoms with Crippen molar-refractivity contribution in [2.75, 3.05) is 23.4 Å². The van der Waals surface area contributed by atoms with Crippen LogP contribution in [0, 0.1) is 0 Å². The monoisotopic (exact) mass is 257 g/mol. The van der Waals surface area contributed by atoms with E-state index in [-0.39, 0.29) is 0 Å². The minimum atomic E-state index is 0.484. The summed E-state index contributed by atoms with van der Waals surface area (Å²) in [7, 11) is 0. The fraction of sp³-hybridized carbons (Fsp3) is 0.429. The summed E-state index contributed by atoms with van der Waals surface area (Å²) in [5, 5.41) is 1.10. The van der Waals surface area contributed by atoms with E-state index in [1.807, 2.05) is 18.2 Å². The molecule has 19 heavy (non-hydrogen) atoms. The third-order valence-electron chi connectivity index (χ3n) is 3.62. The lowest BCUT2D eigenvalue weighted by atomic mass is 10.2. The third kappa shape index (κ3) is 2.46. The summed E-state index contributed by atoms with van der Waals surface area (Å²) in [6, 6.07) is 8.10. The Morgan fingerprint density at radius 3 is 2.47 bits per heavy atom. The normalized spacial score (nSPS) is 16.4. The summed E-state index contributed by atoms with van der Waals surface area (Å²) in [5.74, 6) is 6.96. The molecule has 0 unspecified atom stereocenters. The van der Waals surface area contributed by atoms with Gasteiger partial charge in [0.25, 0.3) is 0 Å². The van der Waals surface area contributed by atoms with Gasteiger partial charge in [-0.2, -0.15) is 4.98 Å². The summed E-state index contributed by atoms with van der Waals surface area (Å²) < 4.78 is 0. The maximum atomic E-state index is 5.48. The quantitative estimate of drug-likeness (QED) is 0.638. The molecule has 1 aromatic heterocycles. The first kappa shape index (κ1) is 12.2. The second-order valence-corrected chi connectivity index (χ2v) is 4.93. The van der Waals surface area contributed by atoms with E-state index in [2.05, 4.69) is 26.4 Å². The van der Waals surface area contributed by atoms with Gasteiger partial charge in [0.15, 0.2) is 0 Å². The largest absolute Gasteiger partial charge is 0.356 e. The summed E-state index contributed by atoms with van der Waals surface area (Å²) in [5.41, 5.74) is 3.50. The highest BCUT2D eigenvalue weighted by atomic mass is 15.3. The number of fused-ring (bicyclic) bond motifs is 1. The van der Waals surface area contributed by atoms with Gasteiger partial charge in [-0.05, 0) is 25.0 Å². The second-order valence-electron chi connectivity index (χ2n) is 4.93. The minimum absolute atomic E-state index is 0.484. The smallest absolute Gasteiger partial charge is 0.239 e. The number of nitrogens with one attached hydrogen (secondary N) is 1. The van der Waals surface area contributed by atoms with Gasteiger partial charge in [-0.25, -0.2) is 10.8 Å². The summed E-state index contributed by atoms with van der Waals surface area (Å²) in [6.45, 7) is 2.12. The van der Waals surface area contributed by atoms with Crippen molar-refractivity contribution in [1.82, 2.24) is 9.97 Å². The number of hydrogen-bond acceptors (Lipinski definition) is 5. The number of nitrogens with zero attached hydrogens (tertiary/aromatic N) is 3. The van der Waals surface area contributed by atoms with Crippen LogP contribution >= 0.6 is 0 Å². The van der Waals surface area contributed by atoms with Crippen LogP contribution < -0.4 is 16.2 Å². The van der Waals surface area contributed by atoms with Gasteiger partial charge in [-0.1, -0.05) is 25.0 Å². The number of nitrogens with two attached hydrogens (primary N) is 1. The fourth-order valence-corrected chi connectivity index (χ4v) is 2.65. The Morgan fingerprint density at radius 1 is 1.00 bits per heavy atom. The molecule has 1 saturated heterocycles. The molecule has 1 aliphatic heterocycles. The van der Waals surface area contributed by atoms with Crippen LogP contribution in [0.2, 0.25) is 0 Å². The van der Waals surface area contributed by atoms with Crippen LogP contribution in [0.25, 0.3) is 10.9 Å². The number of hydrogen-bond donors (Lipinski definition) is 2. The molecule has 1 fully saturated rings. The van der Waals surface area contributed by atoms with Gasteiger partial charge in [0.2, 0.25) is 5.95 Å². The highest BCUT2D eigenvalue weighted by Gasteiger charge is 2.15. The standard InChI is InChI=1S/C14H19N5/c15-18-14-16-12-8-4-3-7-11(12)13(17-14)19-9-5-1-2-6-10-19/h3-4,7-8H,1-2,5-6,9-10,15H2,(H,16,17,18). The number of benzene rings is 1. The zero-order valence-corrected chi connectivity index (χ0v) is 11.0. The molecule has 5 heteroatoms. The molecule has 5 nitrogen and oxygen atoms in total. The molecule has 0 spiro atoms. The Bertz CT molecular complexity index is 561. The van der Waals surface area contributed by atoms with E-state index < -0.39 is 0 Å². The first-order valence-corrected chi connectivity index (χ1v) is 6.87. The molecular formula is C14H19N5. The molecule has 2 heterocycles. The van der Waals surface area contributed by atoms with Crippen molar-refractivity contribution in [1.29, 1.82) is 0 Å². The number of anilines is 2. The van der Waals surface area contributed by atoms with Gasteiger partial charge in [0.05, 0.1) is 5.52 Å². The summed E-state index contributed by atoms with van der Waals surface area (Å²) >= 11 is 0. The number of aromatic nitrogens is 2. The number of rotatable bonds is 2. The van der Waals surface area contributed by atoms with Crippen LogP contribution in [0.3, 0.4) is 0 Å². The lowest BCUT2D eigenvalue weighted by Gasteiger charge is -2.23. The van der Waals surface area contributed by atoms with E-state index in [1.54, 1.807) is 0 Å². The van der Waals surface area contributed by atoms with E-state index in [0.29, 0.717) is 5.95 Å². The molecule has 0 radical (unpaired) electrons. The van der Waals surface area contributed by atoms with Gasteiger partial charge in [0, 0.05) is 18.5 Å². The maximum absolute atomic E-state index is 5.48. The summed E-state index contributed by atoms with van der Waals surface area (Å²) in [4.78, 5) is 11.3. The van der Waals surface area contributed by atoms with Crippen LogP contribution in [-0.4, -0.2) is 23.1 Å². The molecule has 100 valence electrons. The Morgan fingerprint density at radius 2 is 1.74 bits per heavy atom. The molecule has 2 aromatic rings. The predicted octanol–water partition coefficient (Wildman–Crippen LogP) is 2.30.